The van der Waals surface area contributed by atoms with E-state index >= 15 is 0 Å². The summed E-state index contributed by atoms with van der Waals surface area (Å²) in [6.45, 7) is 5.94. The lowest BCUT2D eigenvalue weighted by Crippen LogP contribution is -2.35. The van der Waals surface area contributed by atoms with Crippen LogP contribution in [0.5, 0.6) is 0 Å². The predicted molar refractivity (Wildman–Crippen MR) is 89.3 cm³/mol. The van der Waals surface area contributed by atoms with Gasteiger partial charge in [0.1, 0.15) is 5.82 Å². The van der Waals surface area contributed by atoms with E-state index in [1.54, 1.807) is 12.4 Å². The summed E-state index contributed by atoms with van der Waals surface area (Å²) in [5, 5.41) is 0. The fourth-order valence-electron chi connectivity index (χ4n) is 3.71. The molecule has 0 radical (unpaired) electrons. The Labute approximate surface area is 136 Å². The smallest absolute Gasteiger partial charge is 0.161 e. The van der Waals surface area contributed by atoms with Crippen LogP contribution in [0.4, 0.5) is 5.82 Å². The average molecular weight is 310 g/mol. The first kappa shape index (κ1) is 14.6. The van der Waals surface area contributed by atoms with Crippen LogP contribution in [-0.2, 0) is 4.74 Å². The second kappa shape index (κ2) is 5.89. The van der Waals surface area contributed by atoms with Gasteiger partial charge >= 0.3 is 0 Å². The summed E-state index contributed by atoms with van der Waals surface area (Å²) in [6, 6.07) is 6.01. The van der Waals surface area contributed by atoms with E-state index in [4.69, 9.17) is 9.72 Å². The number of rotatable bonds is 2. The standard InChI is InChI=1S/C18H22N4O/c1-14-11-16(21-17(20-14)15-3-7-19-8-4-15)22-9-6-18(12-22)5-2-10-23-13-18/h3-4,7-8,11H,2,5-6,9-10,12-13H2,1H3. The van der Waals surface area contributed by atoms with E-state index in [1.807, 2.05) is 19.1 Å². The molecule has 1 atom stereocenters. The Kier molecular flexibility index (Phi) is 3.73. The lowest BCUT2D eigenvalue weighted by molar-refractivity contribution is 0.00437. The quantitative estimate of drug-likeness (QED) is 0.853. The van der Waals surface area contributed by atoms with Crippen molar-refractivity contribution < 1.29 is 4.74 Å². The largest absolute Gasteiger partial charge is 0.381 e. The molecule has 5 heteroatoms. The molecule has 1 unspecified atom stereocenters. The van der Waals surface area contributed by atoms with Gasteiger partial charge in [0.15, 0.2) is 5.82 Å². The molecule has 0 aromatic carbocycles. The fourth-order valence-corrected chi connectivity index (χ4v) is 3.71. The summed E-state index contributed by atoms with van der Waals surface area (Å²) in [5.41, 5.74) is 2.34. The van der Waals surface area contributed by atoms with Crippen molar-refractivity contribution in [3.05, 3.63) is 36.3 Å². The van der Waals surface area contributed by atoms with Crippen LogP contribution in [0.1, 0.15) is 25.0 Å². The highest BCUT2D eigenvalue weighted by atomic mass is 16.5. The molecule has 5 nitrogen and oxygen atoms in total. The highest BCUT2D eigenvalue weighted by Gasteiger charge is 2.40. The molecule has 0 saturated carbocycles. The summed E-state index contributed by atoms with van der Waals surface area (Å²) in [6.07, 6.45) is 7.21. The lowest BCUT2D eigenvalue weighted by atomic mass is 9.82. The van der Waals surface area contributed by atoms with Gasteiger partial charge in [-0.3, -0.25) is 4.98 Å². The topological polar surface area (TPSA) is 51.1 Å². The van der Waals surface area contributed by atoms with E-state index in [2.05, 4.69) is 20.9 Å². The normalized spacial score (nSPS) is 24.3. The molecular formula is C18H22N4O. The molecule has 23 heavy (non-hydrogen) atoms. The number of hydrogen-bond donors (Lipinski definition) is 0. The van der Waals surface area contributed by atoms with Crippen LogP contribution in [-0.4, -0.2) is 41.3 Å². The molecule has 2 saturated heterocycles. The zero-order valence-electron chi connectivity index (χ0n) is 13.5. The Morgan fingerprint density at radius 2 is 2.04 bits per heavy atom. The molecule has 0 N–H and O–H groups in total. The maximum atomic E-state index is 5.74. The summed E-state index contributed by atoms with van der Waals surface area (Å²) in [5.74, 6) is 1.81. The Balaban J connectivity index is 1.61. The zero-order valence-corrected chi connectivity index (χ0v) is 13.5. The van der Waals surface area contributed by atoms with Gasteiger partial charge in [-0.2, -0.15) is 0 Å². The molecule has 0 amide bonds. The second-order valence-corrected chi connectivity index (χ2v) is 6.75. The first-order chi connectivity index (χ1) is 11.2. The molecule has 4 heterocycles. The minimum absolute atomic E-state index is 0.327. The summed E-state index contributed by atoms with van der Waals surface area (Å²) >= 11 is 0. The third-order valence-electron chi connectivity index (χ3n) is 4.95. The molecule has 1 spiro atoms. The van der Waals surface area contributed by atoms with E-state index < -0.39 is 0 Å². The Morgan fingerprint density at radius 3 is 2.83 bits per heavy atom. The van der Waals surface area contributed by atoms with Gasteiger partial charge < -0.3 is 9.64 Å². The Hall–Kier alpha value is -2.01. The van der Waals surface area contributed by atoms with Crippen molar-refractivity contribution in [2.75, 3.05) is 31.2 Å². The van der Waals surface area contributed by atoms with Crippen LogP contribution >= 0.6 is 0 Å². The molecular weight excluding hydrogens is 288 g/mol. The number of aryl methyl sites for hydroxylation is 1. The van der Waals surface area contributed by atoms with Crippen molar-refractivity contribution in [2.24, 2.45) is 5.41 Å². The lowest BCUT2D eigenvalue weighted by Gasteiger charge is -2.33. The van der Waals surface area contributed by atoms with Crippen molar-refractivity contribution in [3.8, 4) is 11.4 Å². The second-order valence-electron chi connectivity index (χ2n) is 6.75. The summed E-state index contributed by atoms with van der Waals surface area (Å²) < 4.78 is 5.74. The highest BCUT2D eigenvalue weighted by Crippen LogP contribution is 2.39. The van der Waals surface area contributed by atoms with Gasteiger partial charge in [-0.1, -0.05) is 0 Å². The van der Waals surface area contributed by atoms with E-state index in [1.165, 1.54) is 19.3 Å². The van der Waals surface area contributed by atoms with Crippen molar-refractivity contribution >= 4 is 5.82 Å². The minimum Gasteiger partial charge on any atom is -0.381 e. The molecule has 120 valence electrons. The SMILES string of the molecule is Cc1cc(N2CCC3(CCCOC3)C2)nc(-c2ccncc2)n1. The van der Waals surface area contributed by atoms with E-state index in [0.29, 0.717) is 5.41 Å². The fraction of sp³-hybridized carbons (Fsp3) is 0.500. The van der Waals surface area contributed by atoms with E-state index in [0.717, 1.165) is 49.2 Å². The van der Waals surface area contributed by atoms with Crippen molar-refractivity contribution in [3.63, 3.8) is 0 Å². The van der Waals surface area contributed by atoms with Gasteiger partial charge in [0.25, 0.3) is 0 Å². The van der Waals surface area contributed by atoms with Crippen molar-refractivity contribution in [2.45, 2.75) is 26.2 Å². The van der Waals surface area contributed by atoms with Crippen LogP contribution in [0, 0.1) is 12.3 Å². The minimum atomic E-state index is 0.327. The molecule has 2 fully saturated rings. The predicted octanol–water partition coefficient (Wildman–Crippen LogP) is 2.85. The van der Waals surface area contributed by atoms with Gasteiger partial charge in [-0.15, -0.1) is 0 Å². The van der Waals surface area contributed by atoms with Crippen LogP contribution in [0.15, 0.2) is 30.6 Å². The van der Waals surface area contributed by atoms with Crippen LogP contribution in [0.25, 0.3) is 11.4 Å². The first-order valence-corrected chi connectivity index (χ1v) is 8.33. The molecule has 4 rings (SSSR count). The molecule has 2 aliphatic rings. The van der Waals surface area contributed by atoms with Crippen LogP contribution < -0.4 is 4.90 Å². The van der Waals surface area contributed by atoms with Gasteiger partial charge in [0, 0.05) is 54.8 Å². The van der Waals surface area contributed by atoms with Crippen molar-refractivity contribution in [1.82, 2.24) is 15.0 Å². The average Bonchev–Trinajstić information content (AvgIpc) is 2.99. The van der Waals surface area contributed by atoms with Gasteiger partial charge in [0.05, 0.1) is 6.61 Å². The number of nitrogens with zero attached hydrogens (tertiary/aromatic N) is 4. The number of anilines is 1. The first-order valence-electron chi connectivity index (χ1n) is 8.33. The van der Waals surface area contributed by atoms with Gasteiger partial charge in [-0.25, -0.2) is 9.97 Å². The Bertz CT molecular complexity index is 683. The number of pyridine rings is 1. The molecule has 2 aliphatic heterocycles. The number of aromatic nitrogens is 3. The molecule has 2 aromatic rings. The molecule has 2 aromatic heterocycles. The zero-order chi connectivity index (χ0) is 15.7. The monoisotopic (exact) mass is 310 g/mol. The maximum absolute atomic E-state index is 5.74. The molecule has 0 aliphatic carbocycles. The van der Waals surface area contributed by atoms with Gasteiger partial charge in [0.2, 0.25) is 0 Å². The highest BCUT2D eigenvalue weighted by molar-refractivity contribution is 5.57. The van der Waals surface area contributed by atoms with Crippen LogP contribution in [0.2, 0.25) is 0 Å². The summed E-state index contributed by atoms with van der Waals surface area (Å²) in [4.78, 5) is 15.9. The molecule has 0 bridgehead atoms. The number of hydrogen-bond acceptors (Lipinski definition) is 5. The number of ether oxygens (including phenoxy) is 1. The van der Waals surface area contributed by atoms with Crippen LogP contribution in [0.3, 0.4) is 0 Å². The van der Waals surface area contributed by atoms with Crippen molar-refractivity contribution in [1.29, 1.82) is 0 Å². The third-order valence-corrected chi connectivity index (χ3v) is 4.95. The summed E-state index contributed by atoms with van der Waals surface area (Å²) in [7, 11) is 0. The Morgan fingerprint density at radius 1 is 1.17 bits per heavy atom. The third kappa shape index (κ3) is 2.93. The van der Waals surface area contributed by atoms with E-state index in [-0.39, 0.29) is 0 Å². The maximum Gasteiger partial charge on any atom is 0.161 e. The van der Waals surface area contributed by atoms with E-state index in [9.17, 15) is 0 Å². The van der Waals surface area contributed by atoms with Gasteiger partial charge in [-0.05, 0) is 38.3 Å².